The molecule has 0 spiro atoms. The summed E-state index contributed by atoms with van der Waals surface area (Å²) in [4.78, 5) is 6.68. The summed E-state index contributed by atoms with van der Waals surface area (Å²) < 4.78 is 7.36. The number of ether oxygens (including phenoxy) is 1. The van der Waals surface area contributed by atoms with Crippen molar-refractivity contribution in [1.29, 1.82) is 0 Å². The van der Waals surface area contributed by atoms with E-state index >= 15 is 0 Å². The minimum absolute atomic E-state index is 0.394. The third kappa shape index (κ3) is 3.38. The lowest BCUT2D eigenvalue weighted by Gasteiger charge is -2.32. The van der Waals surface area contributed by atoms with E-state index in [0.717, 1.165) is 49.2 Å². The van der Waals surface area contributed by atoms with Crippen molar-refractivity contribution < 1.29 is 4.74 Å². The van der Waals surface area contributed by atoms with Gasteiger partial charge in [0.1, 0.15) is 5.82 Å². The molecule has 1 aliphatic rings. The average molecular weight is 349 g/mol. The molecule has 3 aromatic rings. The summed E-state index contributed by atoms with van der Waals surface area (Å²) in [6.07, 6.45) is 3.65. The molecule has 1 atom stereocenters. The highest BCUT2D eigenvalue weighted by atomic mass is 16.5. The molecule has 4 rings (SSSR count). The molecule has 1 aliphatic heterocycles. The van der Waals surface area contributed by atoms with Crippen LogP contribution in [0, 0.1) is 6.92 Å². The van der Waals surface area contributed by atoms with Crippen LogP contribution in [0.15, 0.2) is 48.8 Å². The van der Waals surface area contributed by atoms with Crippen LogP contribution in [0.25, 0.3) is 17.1 Å². The fourth-order valence-corrected chi connectivity index (χ4v) is 3.34. The number of rotatable bonds is 4. The maximum atomic E-state index is 5.44. The lowest BCUT2D eigenvalue weighted by Crippen LogP contribution is -2.37. The number of hydrogen-bond acceptors (Lipinski definition) is 5. The normalized spacial score (nSPS) is 16.5. The summed E-state index contributed by atoms with van der Waals surface area (Å²) in [6.45, 7) is 7.82. The Kier molecular flexibility index (Phi) is 4.77. The number of aryl methyl sites for hydroxylation is 1. The van der Waals surface area contributed by atoms with Crippen LogP contribution in [0.1, 0.15) is 24.4 Å². The SMILES string of the molecule is Cc1nccn1-c1ccc(-c2ccc([C@H](C)N3CCOCC3)cc2)nn1. The highest BCUT2D eigenvalue weighted by molar-refractivity contribution is 5.59. The molecule has 1 fully saturated rings. The molecule has 6 heteroatoms. The third-order valence-corrected chi connectivity index (χ3v) is 5.01. The lowest BCUT2D eigenvalue weighted by molar-refractivity contribution is 0.0198. The van der Waals surface area contributed by atoms with E-state index in [9.17, 15) is 0 Å². The topological polar surface area (TPSA) is 56.1 Å². The molecular formula is C20H23N5O. The Balaban J connectivity index is 1.50. The van der Waals surface area contributed by atoms with Gasteiger partial charge in [0.15, 0.2) is 5.82 Å². The second kappa shape index (κ2) is 7.35. The van der Waals surface area contributed by atoms with Gasteiger partial charge in [0.05, 0.1) is 18.9 Å². The van der Waals surface area contributed by atoms with Crippen LogP contribution in [-0.2, 0) is 4.74 Å². The van der Waals surface area contributed by atoms with Crippen LogP contribution in [0.3, 0.4) is 0 Å². The number of imidazole rings is 1. The van der Waals surface area contributed by atoms with Gasteiger partial charge >= 0.3 is 0 Å². The second-order valence-corrected chi connectivity index (χ2v) is 6.57. The van der Waals surface area contributed by atoms with E-state index in [4.69, 9.17) is 4.74 Å². The molecular weight excluding hydrogens is 326 g/mol. The number of morpholine rings is 1. The van der Waals surface area contributed by atoms with Crippen molar-refractivity contribution in [2.24, 2.45) is 0 Å². The summed E-state index contributed by atoms with van der Waals surface area (Å²) in [5.74, 6) is 1.68. The lowest BCUT2D eigenvalue weighted by atomic mass is 10.0. The first-order chi connectivity index (χ1) is 12.7. The van der Waals surface area contributed by atoms with E-state index in [0.29, 0.717) is 6.04 Å². The maximum absolute atomic E-state index is 5.44. The van der Waals surface area contributed by atoms with Gasteiger partial charge in [0.2, 0.25) is 0 Å². The Hall–Kier alpha value is -2.57. The van der Waals surface area contributed by atoms with Gasteiger partial charge in [0.25, 0.3) is 0 Å². The average Bonchev–Trinajstić information content (AvgIpc) is 3.14. The number of benzene rings is 1. The van der Waals surface area contributed by atoms with E-state index in [1.165, 1.54) is 5.56 Å². The first-order valence-corrected chi connectivity index (χ1v) is 8.98. The smallest absolute Gasteiger partial charge is 0.160 e. The first kappa shape index (κ1) is 16.9. The van der Waals surface area contributed by atoms with Gasteiger partial charge in [-0.25, -0.2) is 4.98 Å². The Morgan fingerprint density at radius 1 is 1.00 bits per heavy atom. The zero-order chi connectivity index (χ0) is 17.9. The first-order valence-electron chi connectivity index (χ1n) is 8.98. The fourth-order valence-electron chi connectivity index (χ4n) is 3.34. The molecule has 3 heterocycles. The van der Waals surface area contributed by atoms with Gasteiger partial charge in [-0.05, 0) is 31.5 Å². The molecule has 2 aromatic heterocycles. The Morgan fingerprint density at radius 3 is 2.38 bits per heavy atom. The molecule has 1 saturated heterocycles. The zero-order valence-corrected chi connectivity index (χ0v) is 15.2. The molecule has 0 N–H and O–H groups in total. The highest BCUT2D eigenvalue weighted by Crippen LogP contribution is 2.24. The maximum Gasteiger partial charge on any atom is 0.160 e. The van der Waals surface area contributed by atoms with E-state index in [-0.39, 0.29) is 0 Å². The third-order valence-electron chi connectivity index (χ3n) is 5.01. The van der Waals surface area contributed by atoms with Crippen LogP contribution in [0.2, 0.25) is 0 Å². The van der Waals surface area contributed by atoms with Crippen LogP contribution in [0.5, 0.6) is 0 Å². The van der Waals surface area contributed by atoms with Gasteiger partial charge in [0, 0.05) is 37.1 Å². The Bertz CT molecular complexity index is 851. The molecule has 26 heavy (non-hydrogen) atoms. The minimum atomic E-state index is 0.394. The van der Waals surface area contributed by atoms with Crippen LogP contribution in [-0.4, -0.2) is 51.0 Å². The summed E-state index contributed by atoms with van der Waals surface area (Å²) in [7, 11) is 0. The van der Waals surface area contributed by atoms with E-state index < -0.39 is 0 Å². The molecule has 1 aromatic carbocycles. The minimum Gasteiger partial charge on any atom is -0.379 e. The monoisotopic (exact) mass is 349 g/mol. The van der Waals surface area contributed by atoms with E-state index in [1.54, 1.807) is 6.20 Å². The van der Waals surface area contributed by atoms with E-state index in [1.807, 2.05) is 29.8 Å². The summed E-state index contributed by atoms with van der Waals surface area (Å²) in [5, 5.41) is 8.73. The van der Waals surface area contributed by atoms with Gasteiger partial charge < -0.3 is 4.74 Å². The van der Waals surface area contributed by atoms with Crippen molar-refractivity contribution in [3.05, 3.63) is 60.2 Å². The largest absolute Gasteiger partial charge is 0.379 e. The molecule has 0 bridgehead atoms. The van der Waals surface area contributed by atoms with Gasteiger partial charge in [-0.2, -0.15) is 0 Å². The fraction of sp³-hybridized carbons (Fsp3) is 0.350. The molecule has 0 amide bonds. The van der Waals surface area contributed by atoms with Crippen LogP contribution in [0.4, 0.5) is 0 Å². The molecule has 0 radical (unpaired) electrons. The summed E-state index contributed by atoms with van der Waals surface area (Å²) in [6, 6.07) is 13.0. The standard InChI is InChI=1S/C20H23N5O/c1-15(24-11-13-26-14-12-24)17-3-5-18(6-4-17)19-7-8-20(23-22-19)25-10-9-21-16(25)2/h3-10,15H,11-14H2,1-2H3/t15-/m0/s1. The Morgan fingerprint density at radius 2 is 1.77 bits per heavy atom. The molecule has 134 valence electrons. The van der Waals surface area contributed by atoms with Crippen molar-refractivity contribution in [2.45, 2.75) is 19.9 Å². The Labute approximate surface area is 153 Å². The van der Waals surface area contributed by atoms with Gasteiger partial charge in [-0.15, -0.1) is 10.2 Å². The molecule has 0 aliphatic carbocycles. The number of hydrogen-bond donors (Lipinski definition) is 0. The second-order valence-electron chi connectivity index (χ2n) is 6.57. The van der Waals surface area contributed by atoms with Crippen LogP contribution >= 0.6 is 0 Å². The van der Waals surface area contributed by atoms with Crippen molar-refractivity contribution in [3.8, 4) is 17.1 Å². The zero-order valence-electron chi connectivity index (χ0n) is 15.2. The molecule has 0 saturated carbocycles. The van der Waals surface area contributed by atoms with Gasteiger partial charge in [-0.1, -0.05) is 24.3 Å². The van der Waals surface area contributed by atoms with Crippen molar-refractivity contribution in [2.75, 3.05) is 26.3 Å². The van der Waals surface area contributed by atoms with Crippen LogP contribution < -0.4 is 0 Å². The predicted octanol–water partition coefficient (Wildman–Crippen LogP) is 3.03. The van der Waals surface area contributed by atoms with Gasteiger partial charge in [-0.3, -0.25) is 9.47 Å². The predicted molar refractivity (Wildman–Crippen MR) is 100 cm³/mol. The highest BCUT2D eigenvalue weighted by Gasteiger charge is 2.18. The van der Waals surface area contributed by atoms with Crippen molar-refractivity contribution in [1.82, 2.24) is 24.6 Å². The van der Waals surface area contributed by atoms with Crippen molar-refractivity contribution >= 4 is 0 Å². The molecule has 0 unspecified atom stereocenters. The van der Waals surface area contributed by atoms with E-state index in [2.05, 4.69) is 51.3 Å². The van der Waals surface area contributed by atoms with Crippen molar-refractivity contribution in [3.63, 3.8) is 0 Å². The quantitative estimate of drug-likeness (QED) is 0.725. The number of nitrogens with zero attached hydrogens (tertiary/aromatic N) is 5. The molecule has 6 nitrogen and oxygen atoms in total. The number of aromatic nitrogens is 4. The summed E-state index contributed by atoms with van der Waals surface area (Å²) in [5.41, 5.74) is 3.26. The summed E-state index contributed by atoms with van der Waals surface area (Å²) >= 11 is 0.